The summed E-state index contributed by atoms with van der Waals surface area (Å²) in [6, 6.07) is 20.3. The van der Waals surface area contributed by atoms with Gasteiger partial charge in [0.1, 0.15) is 0 Å². The zero-order valence-corrected chi connectivity index (χ0v) is 10.8. The summed E-state index contributed by atoms with van der Waals surface area (Å²) in [7, 11) is 2.24. The van der Waals surface area contributed by atoms with Gasteiger partial charge < -0.3 is 0 Å². The largest absolute Gasteiger partial charge is 0.298 e. The van der Waals surface area contributed by atoms with Gasteiger partial charge in [-0.25, -0.2) is 0 Å². The predicted molar refractivity (Wildman–Crippen MR) is 75.5 cm³/mol. The molecule has 0 saturated carbocycles. The normalized spacial score (nSPS) is 19.5. The minimum Gasteiger partial charge on any atom is -0.298 e. The molecule has 0 spiro atoms. The number of nitrogens with zero attached hydrogens (tertiary/aromatic N) is 1. The smallest absolute Gasteiger partial charge is 0.0236 e. The molecule has 0 saturated heterocycles. The van der Waals surface area contributed by atoms with Crippen molar-refractivity contribution in [1.29, 1.82) is 0 Å². The highest BCUT2D eigenvalue weighted by molar-refractivity contribution is 5.30. The van der Waals surface area contributed by atoms with Crippen molar-refractivity contribution in [3.63, 3.8) is 0 Å². The fourth-order valence-electron chi connectivity index (χ4n) is 2.83. The second-order valence-corrected chi connectivity index (χ2v) is 5.23. The average Bonchev–Trinajstić information content (AvgIpc) is 2.41. The highest BCUT2D eigenvalue weighted by atomic mass is 15.1. The van der Waals surface area contributed by atoms with Crippen molar-refractivity contribution < 1.29 is 0 Å². The van der Waals surface area contributed by atoms with E-state index in [1.165, 1.54) is 23.1 Å². The van der Waals surface area contributed by atoms with Gasteiger partial charge in [-0.2, -0.15) is 0 Å². The zero-order chi connectivity index (χ0) is 12.4. The monoisotopic (exact) mass is 237 g/mol. The van der Waals surface area contributed by atoms with Crippen LogP contribution in [-0.4, -0.2) is 18.0 Å². The third kappa shape index (κ3) is 2.32. The maximum atomic E-state index is 2.48. The number of rotatable bonds is 2. The van der Waals surface area contributed by atoms with E-state index in [9.17, 15) is 0 Å². The van der Waals surface area contributed by atoms with E-state index < -0.39 is 0 Å². The van der Waals surface area contributed by atoms with Gasteiger partial charge in [-0.15, -0.1) is 0 Å². The number of hydrogen-bond donors (Lipinski definition) is 0. The highest BCUT2D eigenvalue weighted by Crippen LogP contribution is 2.23. The first kappa shape index (κ1) is 11.5. The first-order valence-corrected chi connectivity index (χ1v) is 6.64. The summed E-state index contributed by atoms with van der Waals surface area (Å²) in [6.07, 6.45) is 2.31. The molecule has 0 fully saturated rings. The number of benzene rings is 2. The quantitative estimate of drug-likeness (QED) is 0.774. The molecule has 0 radical (unpaired) electrons. The summed E-state index contributed by atoms with van der Waals surface area (Å²) < 4.78 is 0. The topological polar surface area (TPSA) is 3.24 Å². The molecular formula is C17H19N. The lowest BCUT2D eigenvalue weighted by Gasteiger charge is -2.34. The van der Waals surface area contributed by atoms with Crippen LogP contribution in [0, 0.1) is 0 Å². The number of likely N-dealkylation sites (N-methyl/N-ethyl adjacent to an activating group) is 1. The van der Waals surface area contributed by atoms with E-state index in [0.29, 0.717) is 6.04 Å². The minimum absolute atomic E-state index is 0.627. The van der Waals surface area contributed by atoms with E-state index in [-0.39, 0.29) is 0 Å². The lowest BCUT2D eigenvalue weighted by molar-refractivity contribution is 0.214. The molecule has 1 aliphatic heterocycles. The van der Waals surface area contributed by atoms with Crippen molar-refractivity contribution in [3.8, 4) is 0 Å². The van der Waals surface area contributed by atoms with Crippen LogP contribution < -0.4 is 0 Å². The van der Waals surface area contributed by atoms with E-state index in [4.69, 9.17) is 0 Å². The second kappa shape index (κ2) is 4.95. The van der Waals surface area contributed by atoms with Gasteiger partial charge >= 0.3 is 0 Å². The van der Waals surface area contributed by atoms with Crippen LogP contribution in [-0.2, 0) is 19.4 Å². The lowest BCUT2D eigenvalue weighted by Crippen LogP contribution is -2.38. The number of fused-ring (bicyclic) bond motifs is 1. The van der Waals surface area contributed by atoms with Crippen molar-refractivity contribution in [2.75, 3.05) is 7.05 Å². The summed E-state index contributed by atoms with van der Waals surface area (Å²) in [6.45, 7) is 1.08. The maximum absolute atomic E-state index is 2.48. The van der Waals surface area contributed by atoms with E-state index >= 15 is 0 Å². The van der Waals surface area contributed by atoms with Crippen LogP contribution in [0.1, 0.15) is 16.7 Å². The summed E-state index contributed by atoms with van der Waals surface area (Å²) in [5.74, 6) is 0. The Hall–Kier alpha value is -1.60. The van der Waals surface area contributed by atoms with Gasteiger partial charge in [-0.05, 0) is 36.6 Å². The van der Waals surface area contributed by atoms with Gasteiger partial charge in [0.2, 0.25) is 0 Å². The van der Waals surface area contributed by atoms with Crippen molar-refractivity contribution in [2.24, 2.45) is 0 Å². The molecule has 0 N–H and O–H groups in total. The summed E-state index contributed by atoms with van der Waals surface area (Å²) >= 11 is 0. The third-order valence-corrected chi connectivity index (χ3v) is 3.93. The Kier molecular flexibility index (Phi) is 3.16. The molecule has 18 heavy (non-hydrogen) atoms. The molecule has 0 aromatic heterocycles. The molecule has 0 amide bonds. The minimum atomic E-state index is 0.627. The number of hydrogen-bond acceptors (Lipinski definition) is 1. The third-order valence-electron chi connectivity index (χ3n) is 3.93. The Bertz CT molecular complexity index is 518. The summed E-state index contributed by atoms with van der Waals surface area (Å²) in [4.78, 5) is 2.48. The Labute approximate surface area is 109 Å². The molecule has 1 aliphatic rings. The molecule has 92 valence electrons. The van der Waals surface area contributed by atoms with Crippen LogP contribution in [0.5, 0.6) is 0 Å². The second-order valence-electron chi connectivity index (χ2n) is 5.23. The zero-order valence-electron chi connectivity index (χ0n) is 10.8. The Morgan fingerprint density at radius 3 is 2.39 bits per heavy atom. The highest BCUT2D eigenvalue weighted by Gasteiger charge is 2.22. The van der Waals surface area contributed by atoms with Crippen LogP contribution in [0.2, 0.25) is 0 Å². The van der Waals surface area contributed by atoms with Crippen molar-refractivity contribution >= 4 is 0 Å². The van der Waals surface area contributed by atoms with Crippen molar-refractivity contribution in [3.05, 3.63) is 71.3 Å². The first-order valence-electron chi connectivity index (χ1n) is 6.64. The van der Waals surface area contributed by atoms with Gasteiger partial charge in [0, 0.05) is 12.6 Å². The molecule has 1 atom stereocenters. The van der Waals surface area contributed by atoms with Gasteiger partial charge in [0.25, 0.3) is 0 Å². The fraction of sp³-hybridized carbons (Fsp3) is 0.294. The average molecular weight is 237 g/mol. The molecule has 0 bridgehead atoms. The van der Waals surface area contributed by atoms with Crippen molar-refractivity contribution in [2.45, 2.75) is 25.4 Å². The molecule has 2 aromatic rings. The van der Waals surface area contributed by atoms with E-state index in [1.54, 1.807) is 0 Å². The predicted octanol–water partition coefficient (Wildman–Crippen LogP) is 3.29. The standard InChI is InChI=1S/C17H19N/c1-18-13-16-10-6-5-9-15(16)12-17(18)11-14-7-3-2-4-8-14/h2-10,17H,11-13H2,1H3/t17-/m0/s1. The summed E-state index contributed by atoms with van der Waals surface area (Å²) in [5, 5.41) is 0. The van der Waals surface area contributed by atoms with Crippen LogP contribution in [0.4, 0.5) is 0 Å². The molecule has 0 unspecified atom stereocenters. The Morgan fingerprint density at radius 2 is 1.61 bits per heavy atom. The van der Waals surface area contributed by atoms with Crippen LogP contribution in [0.15, 0.2) is 54.6 Å². The molecular weight excluding hydrogens is 218 g/mol. The molecule has 1 heteroatoms. The summed E-state index contributed by atoms with van der Waals surface area (Å²) in [5.41, 5.74) is 4.45. The van der Waals surface area contributed by atoms with Gasteiger partial charge in [-0.3, -0.25) is 4.90 Å². The lowest BCUT2D eigenvalue weighted by atomic mass is 9.91. The maximum Gasteiger partial charge on any atom is 0.0236 e. The molecule has 3 rings (SSSR count). The van der Waals surface area contributed by atoms with E-state index in [0.717, 1.165) is 13.0 Å². The molecule has 2 aromatic carbocycles. The molecule has 1 heterocycles. The van der Waals surface area contributed by atoms with Crippen LogP contribution in [0.25, 0.3) is 0 Å². The van der Waals surface area contributed by atoms with Crippen LogP contribution >= 0.6 is 0 Å². The van der Waals surface area contributed by atoms with E-state index in [2.05, 4.69) is 66.5 Å². The van der Waals surface area contributed by atoms with Gasteiger partial charge in [-0.1, -0.05) is 54.6 Å². The molecule has 0 aliphatic carbocycles. The molecule has 1 nitrogen and oxygen atoms in total. The van der Waals surface area contributed by atoms with Gasteiger partial charge in [0.15, 0.2) is 0 Å². The Balaban J connectivity index is 1.79. The van der Waals surface area contributed by atoms with Crippen LogP contribution in [0.3, 0.4) is 0 Å². The fourth-order valence-corrected chi connectivity index (χ4v) is 2.83. The van der Waals surface area contributed by atoms with E-state index in [1.807, 2.05) is 0 Å². The van der Waals surface area contributed by atoms with Gasteiger partial charge in [0.05, 0.1) is 0 Å². The Morgan fingerprint density at radius 1 is 0.944 bits per heavy atom. The van der Waals surface area contributed by atoms with Crippen molar-refractivity contribution in [1.82, 2.24) is 4.90 Å². The first-order chi connectivity index (χ1) is 8.83. The SMILES string of the molecule is CN1Cc2ccccc2C[C@@H]1Cc1ccccc1.